The van der Waals surface area contributed by atoms with Gasteiger partial charge in [0, 0.05) is 20.2 Å². The number of carbonyl (C=O) groups excluding carboxylic acids is 1. The van der Waals surface area contributed by atoms with Gasteiger partial charge in [0.05, 0.1) is 5.75 Å². The number of benzene rings is 1. The number of halogens is 1. The predicted molar refractivity (Wildman–Crippen MR) is 99.2 cm³/mol. The molecule has 7 nitrogen and oxygen atoms in total. The maximum Gasteiger partial charge on any atom is 0.252 e. The number of rotatable bonds is 8. The zero-order valence-corrected chi connectivity index (χ0v) is 15.9. The molecule has 1 fully saturated rings. The van der Waals surface area contributed by atoms with Crippen LogP contribution in [-0.4, -0.2) is 52.4 Å². The van der Waals surface area contributed by atoms with E-state index in [1.165, 1.54) is 7.11 Å². The Kier molecular flexibility index (Phi) is 8.81. The fourth-order valence-corrected chi connectivity index (χ4v) is 3.58. The lowest BCUT2D eigenvalue weighted by Crippen LogP contribution is -2.54. The molecule has 0 aromatic heterocycles. The Morgan fingerprint density at radius 2 is 1.88 bits per heavy atom. The summed E-state index contributed by atoms with van der Waals surface area (Å²) in [6.07, 6.45) is 1.16. The summed E-state index contributed by atoms with van der Waals surface area (Å²) in [5.74, 6) is -0.409. The third-order valence-electron chi connectivity index (χ3n) is 4.21. The highest BCUT2D eigenvalue weighted by molar-refractivity contribution is 7.89. The first-order valence-corrected chi connectivity index (χ1v) is 9.68. The molecular formula is C16H26ClN3O4S. The van der Waals surface area contributed by atoms with Crippen LogP contribution >= 0.6 is 12.4 Å². The molecule has 0 bridgehead atoms. The monoisotopic (exact) mass is 391 g/mol. The second-order valence-electron chi connectivity index (χ2n) is 5.83. The molecule has 1 aliphatic rings. The largest absolute Gasteiger partial charge is 0.368 e. The van der Waals surface area contributed by atoms with Gasteiger partial charge in [-0.05, 0) is 31.5 Å². The summed E-state index contributed by atoms with van der Waals surface area (Å²) in [6, 6.07) is 9.29. The summed E-state index contributed by atoms with van der Waals surface area (Å²) in [7, 11) is -1.93. The zero-order chi connectivity index (χ0) is 17.5. The summed E-state index contributed by atoms with van der Waals surface area (Å²) in [5, 5.41) is 5.86. The van der Waals surface area contributed by atoms with E-state index >= 15 is 0 Å². The van der Waals surface area contributed by atoms with Gasteiger partial charge in [-0.15, -0.1) is 12.4 Å². The molecule has 1 aliphatic heterocycles. The standard InChI is InChI=1S/C16H25N3O4S.ClH/c1-23-16(7-9-17-10-8-16)15(20)18-11-12-24(21,22)19-13-14-5-3-2-4-6-14;/h2-6,17,19H,7-13H2,1H3,(H,18,20);1H. The fraction of sp³-hybridized carbons (Fsp3) is 0.562. The molecule has 0 radical (unpaired) electrons. The fourth-order valence-electron chi connectivity index (χ4n) is 2.68. The summed E-state index contributed by atoms with van der Waals surface area (Å²) in [6.45, 7) is 1.71. The van der Waals surface area contributed by atoms with E-state index in [1.54, 1.807) is 0 Å². The molecule has 0 spiro atoms. The van der Waals surface area contributed by atoms with E-state index in [0.29, 0.717) is 25.9 Å². The topological polar surface area (TPSA) is 96.5 Å². The van der Waals surface area contributed by atoms with Crippen molar-refractivity contribution in [3.8, 4) is 0 Å². The van der Waals surface area contributed by atoms with E-state index in [1.807, 2.05) is 30.3 Å². The molecule has 0 saturated carbocycles. The average molecular weight is 392 g/mol. The maximum absolute atomic E-state index is 12.3. The smallest absolute Gasteiger partial charge is 0.252 e. The van der Waals surface area contributed by atoms with Crippen LogP contribution in [0.2, 0.25) is 0 Å². The molecule has 1 aromatic rings. The van der Waals surface area contributed by atoms with Crippen molar-refractivity contribution in [3.05, 3.63) is 35.9 Å². The van der Waals surface area contributed by atoms with Crippen LogP contribution in [0.4, 0.5) is 0 Å². The van der Waals surface area contributed by atoms with Crippen molar-refractivity contribution < 1.29 is 17.9 Å². The van der Waals surface area contributed by atoms with Crippen LogP contribution in [0.5, 0.6) is 0 Å². The van der Waals surface area contributed by atoms with Gasteiger partial charge >= 0.3 is 0 Å². The molecule has 2 rings (SSSR count). The quantitative estimate of drug-likeness (QED) is 0.596. The number of amides is 1. The van der Waals surface area contributed by atoms with Gasteiger partial charge in [-0.2, -0.15) is 0 Å². The van der Waals surface area contributed by atoms with Crippen LogP contribution in [0.25, 0.3) is 0 Å². The molecule has 0 unspecified atom stereocenters. The Morgan fingerprint density at radius 1 is 1.24 bits per heavy atom. The van der Waals surface area contributed by atoms with E-state index in [4.69, 9.17) is 4.74 Å². The van der Waals surface area contributed by atoms with E-state index in [2.05, 4.69) is 15.4 Å². The van der Waals surface area contributed by atoms with Gasteiger partial charge < -0.3 is 15.4 Å². The van der Waals surface area contributed by atoms with E-state index < -0.39 is 15.6 Å². The molecule has 0 aliphatic carbocycles. The summed E-state index contributed by atoms with van der Waals surface area (Å²) in [5.41, 5.74) is 0.0325. The normalized spacial score (nSPS) is 16.7. The van der Waals surface area contributed by atoms with Crippen molar-refractivity contribution >= 4 is 28.3 Å². The number of ether oxygens (including phenoxy) is 1. The van der Waals surface area contributed by atoms with Gasteiger partial charge in [0.25, 0.3) is 5.91 Å². The Labute approximate surface area is 155 Å². The van der Waals surface area contributed by atoms with Crippen molar-refractivity contribution in [3.63, 3.8) is 0 Å². The van der Waals surface area contributed by atoms with Crippen molar-refractivity contribution in [1.82, 2.24) is 15.4 Å². The third kappa shape index (κ3) is 6.56. The van der Waals surface area contributed by atoms with E-state index in [-0.39, 0.29) is 37.2 Å². The van der Waals surface area contributed by atoms with Gasteiger partial charge in [-0.1, -0.05) is 30.3 Å². The van der Waals surface area contributed by atoms with Gasteiger partial charge in [0.1, 0.15) is 5.60 Å². The van der Waals surface area contributed by atoms with Crippen LogP contribution in [0.3, 0.4) is 0 Å². The molecule has 9 heteroatoms. The lowest BCUT2D eigenvalue weighted by atomic mass is 9.91. The number of hydrogen-bond acceptors (Lipinski definition) is 5. The first-order chi connectivity index (χ1) is 11.5. The number of sulfonamides is 1. The average Bonchev–Trinajstić information content (AvgIpc) is 2.61. The second-order valence-corrected chi connectivity index (χ2v) is 7.76. The minimum absolute atomic E-state index is 0. The molecule has 3 N–H and O–H groups in total. The maximum atomic E-state index is 12.3. The van der Waals surface area contributed by atoms with E-state index in [0.717, 1.165) is 5.56 Å². The van der Waals surface area contributed by atoms with Gasteiger partial charge in [-0.3, -0.25) is 4.79 Å². The molecule has 1 amide bonds. The second kappa shape index (κ2) is 10.1. The van der Waals surface area contributed by atoms with Crippen molar-refractivity contribution in [2.45, 2.75) is 25.0 Å². The van der Waals surface area contributed by atoms with Gasteiger partial charge in [0.15, 0.2) is 0 Å². The Balaban J connectivity index is 0.00000312. The molecule has 25 heavy (non-hydrogen) atoms. The minimum Gasteiger partial charge on any atom is -0.368 e. The highest BCUT2D eigenvalue weighted by Gasteiger charge is 2.39. The number of methoxy groups -OCH3 is 1. The molecule has 1 saturated heterocycles. The number of carbonyl (C=O) groups is 1. The van der Waals surface area contributed by atoms with Gasteiger partial charge in [0.2, 0.25) is 10.0 Å². The Bertz CT molecular complexity index is 634. The Morgan fingerprint density at radius 3 is 2.48 bits per heavy atom. The molecule has 1 heterocycles. The summed E-state index contributed by atoms with van der Waals surface area (Å²) in [4.78, 5) is 12.3. The molecular weight excluding hydrogens is 366 g/mol. The van der Waals surface area contributed by atoms with Crippen LogP contribution in [-0.2, 0) is 26.1 Å². The number of hydrogen-bond donors (Lipinski definition) is 3. The van der Waals surface area contributed by atoms with Crippen molar-refractivity contribution in [2.24, 2.45) is 0 Å². The lowest BCUT2D eigenvalue weighted by molar-refractivity contribution is -0.146. The van der Waals surface area contributed by atoms with Crippen LogP contribution < -0.4 is 15.4 Å². The van der Waals surface area contributed by atoms with E-state index in [9.17, 15) is 13.2 Å². The van der Waals surface area contributed by atoms with Crippen molar-refractivity contribution in [2.75, 3.05) is 32.5 Å². The van der Waals surface area contributed by atoms with Gasteiger partial charge in [-0.25, -0.2) is 13.1 Å². The lowest BCUT2D eigenvalue weighted by Gasteiger charge is -2.34. The number of nitrogens with one attached hydrogen (secondary N) is 3. The van der Waals surface area contributed by atoms with Crippen LogP contribution in [0, 0.1) is 0 Å². The number of piperidine rings is 1. The molecule has 0 atom stereocenters. The highest BCUT2D eigenvalue weighted by Crippen LogP contribution is 2.22. The van der Waals surface area contributed by atoms with Crippen molar-refractivity contribution in [1.29, 1.82) is 0 Å². The predicted octanol–water partition coefficient (Wildman–Crippen LogP) is 0.413. The molecule has 142 valence electrons. The first-order valence-electron chi connectivity index (χ1n) is 8.03. The van der Waals surface area contributed by atoms with Crippen LogP contribution in [0.15, 0.2) is 30.3 Å². The third-order valence-corrected chi connectivity index (χ3v) is 5.54. The zero-order valence-electron chi connectivity index (χ0n) is 14.3. The SMILES string of the molecule is COC1(C(=O)NCCS(=O)(=O)NCc2ccccc2)CCNCC1.Cl. The summed E-state index contributed by atoms with van der Waals surface area (Å²) < 4.78 is 32.0. The summed E-state index contributed by atoms with van der Waals surface area (Å²) >= 11 is 0. The minimum atomic E-state index is -3.45. The Hall–Kier alpha value is -1.19. The first kappa shape index (κ1) is 21.9. The molecule has 1 aromatic carbocycles. The van der Waals surface area contributed by atoms with Crippen LogP contribution in [0.1, 0.15) is 18.4 Å². The highest BCUT2D eigenvalue weighted by atomic mass is 35.5.